The van der Waals surface area contributed by atoms with Crippen molar-refractivity contribution < 1.29 is 9.53 Å². The number of rotatable bonds is 6. The Morgan fingerprint density at radius 1 is 1.22 bits per heavy atom. The lowest BCUT2D eigenvalue weighted by Crippen LogP contribution is -2.40. The van der Waals surface area contributed by atoms with Crippen LogP contribution >= 0.6 is 0 Å². The number of nitrogens with zero attached hydrogens (tertiary/aromatic N) is 5. The number of piperidine rings is 1. The smallest absolute Gasteiger partial charge is 0.246 e. The van der Waals surface area contributed by atoms with Gasteiger partial charge in [0.05, 0.1) is 18.4 Å². The van der Waals surface area contributed by atoms with Gasteiger partial charge in [-0.3, -0.25) is 9.78 Å². The van der Waals surface area contributed by atoms with Crippen LogP contribution in [0.15, 0.2) is 42.9 Å². The van der Waals surface area contributed by atoms with Gasteiger partial charge < -0.3 is 14.5 Å². The first-order valence-corrected chi connectivity index (χ1v) is 9.09. The van der Waals surface area contributed by atoms with Crippen LogP contribution in [0, 0.1) is 0 Å². The van der Waals surface area contributed by atoms with Crippen LogP contribution in [0.2, 0.25) is 0 Å². The predicted molar refractivity (Wildman–Crippen MR) is 104 cm³/mol. The summed E-state index contributed by atoms with van der Waals surface area (Å²) in [5.74, 6) is 0.654. The maximum atomic E-state index is 12.4. The Morgan fingerprint density at radius 2 is 1.96 bits per heavy atom. The quantitative estimate of drug-likeness (QED) is 0.729. The summed E-state index contributed by atoms with van der Waals surface area (Å²) in [5, 5.41) is 0. The molecule has 3 rings (SSSR count). The molecule has 7 heteroatoms. The second-order valence-electron chi connectivity index (χ2n) is 6.70. The van der Waals surface area contributed by atoms with E-state index >= 15 is 0 Å². The molecule has 142 valence electrons. The number of amides is 1. The molecule has 2 aromatic rings. The van der Waals surface area contributed by atoms with Crippen molar-refractivity contribution in [2.45, 2.75) is 25.6 Å². The van der Waals surface area contributed by atoms with Gasteiger partial charge in [0.1, 0.15) is 0 Å². The van der Waals surface area contributed by atoms with Crippen LogP contribution in [0.3, 0.4) is 0 Å². The monoisotopic (exact) mass is 367 g/mol. The van der Waals surface area contributed by atoms with E-state index in [4.69, 9.17) is 4.74 Å². The standard InChI is InChI=1S/C20H25N5O2/c1-24(2)20-22-13-16(14-23-20)6-7-19(26)25-11-8-18(9-12-25)27-15-17-5-3-4-10-21-17/h3-7,10,13-14,18H,8-9,11-12,15H2,1-2H3. The number of pyridine rings is 1. The molecule has 27 heavy (non-hydrogen) atoms. The molecule has 7 nitrogen and oxygen atoms in total. The first-order valence-electron chi connectivity index (χ1n) is 9.09. The summed E-state index contributed by atoms with van der Waals surface area (Å²) in [6.07, 6.45) is 10.4. The highest BCUT2D eigenvalue weighted by Crippen LogP contribution is 2.16. The van der Waals surface area contributed by atoms with E-state index in [0.29, 0.717) is 25.6 Å². The molecule has 3 heterocycles. The van der Waals surface area contributed by atoms with Gasteiger partial charge in [-0.2, -0.15) is 0 Å². The summed E-state index contributed by atoms with van der Waals surface area (Å²) in [5.41, 5.74) is 1.74. The molecule has 1 amide bonds. The number of anilines is 1. The van der Waals surface area contributed by atoms with Gasteiger partial charge in [-0.25, -0.2) is 9.97 Å². The molecule has 0 bridgehead atoms. The van der Waals surface area contributed by atoms with Gasteiger partial charge >= 0.3 is 0 Å². The normalized spacial score (nSPS) is 15.3. The molecule has 0 unspecified atom stereocenters. The lowest BCUT2D eigenvalue weighted by molar-refractivity contribution is -0.128. The van der Waals surface area contributed by atoms with E-state index in [1.54, 1.807) is 30.7 Å². The molecule has 0 atom stereocenters. The van der Waals surface area contributed by atoms with Crippen LogP contribution in [-0.4, -0.2) is 59.0 Å². The van der Waals surface area contributed by atoms with Gasteiger partial charge in [-0.1, -0.05) is 6.07 Å². The van der Waals surface area contributed by atoms with Crippen molar-refractivity contribution >= 4 is 17.9 Å². The van der Waals surface area contributed by atoms with Crippen LogP contribution in [0.4, 0.5) is 5.95 Å². The van der Waals surface area contributed by atoms with E-state index in [1.807, 2.05) is 42.1 Å². The largest absolute Gasteiger partial charge is 0.372 e. The Kier molecular flexibility index (Phi) is 6.49. The number of hydrogen-bond donors (Lipinski definition) is 0. The molecular formula is C20H25N5O2. The van der Waals surface area contributed by atoms with Crippen molar-refractivity contribution in [1.82, 2.24) is 19.9 Å². The van der Waals surface area contributed by atoms with Crippen LogP contribution in [0.1, 0.15) is 24.1 Å². The van der Waals surface area contributed by atoms with Crippen molar-refractivity contribution in [3.05, 3.63) is 54.1 Å². The summed E-state index contributed by atoms with van der Waals surface area (Å²) in [6, 6.07) is 5.81. The van der Waals surface area contributed by atoms with E-state index in [-0.39, 0.29) is 12.0 Å². The molecule has 0 radical (unpaired) electrons. The minimum Gasteiger partial charge on any atom is -0.372 e. The third-order valence-corrected chi connectivity index (χ3v) is 4.42. The zero-order valence-corrected chi connectivity index (χ0v) is 15.8. The van der Waals surface area contributed by atoms with Crippen LogP contribution < -0.4 is 4.90 Å². The molecule has 1 saturated heterocycles. The summed E-state index contributed by atoms with van der Waals surface area (Å²) in [6.45, 7) is 1.92. The number of hydrogen-bond acceptors (Lipinski definition) is 6. The van der Waals surface area contributed by atoms with E-state index in [9.17, 15) is 4.79 Å². The molecule has 0 N–H and O–H groups in total. The Morgan fingerprint density at radius 3 is 2.59 bits per heavy atom. The maximum Gasteiger partial charge on any atom is 0.246 e. The van der Waals surface area contributed by atoms with Gasteiger partial charge in [0.25, 0.3) is 0 Å². The Bertz CT molecular complexity index is 754. The number of aromatic nitrogens is 3. The highest BCUT2D eigenvalue weighted by atomic mass is 16.5. The van der Waals surface area contributed by atoms with E-state index in [2.05, 4.69) is 15.0 Å². The average Bonchev–Trinajstić information content (AvgIpc) is 2.72. The molecular weight excluding hydrogens is 342 g/mol. The van der Waals surface area contributed by atoms with Crippen LogP contribution in [0.25, 0.3) is 6.08 Å². The van der Waals surface area contributed by atoms with Crippen molar-refractivity contribution in [3.8, 4) is 0 Å². The zero-order chi connectivity index (χ0) is 19.1. The third-order valence-electron chi connectivity index (χ3n) is 4.42. The van der Waals surface area contributed by atoms with Gasteiger partial charge in [-0.05, 0) is 31.1 Å². The zero-order valence-electron chi connectivity index (χ0n) is 15.8. The fourth-order valence-corrected chi connectivity index (χ4v) is 2.85. The number of carbonyl (C=O) groups is 1. The second kappa shape index (κ2) is 9.23. The molecule has 0 spiro atoms. The third kappa shape index (κ3) is 5.59. The Hall–Kier alpha value is -2.80. The van der Waals surface area contributed by atoms with Crippen molar-refractivity contribution in [2.24, 2.45) is 0 Å². The topological polar surface area (TPSA) is 71.5 Å². The fourth-order valence-electron chi connectivity index (χ4n) is 2.85. The van der Waals surface area contributed by atoms with Crippen molar-refractivity contribution in [2.75, 3.05) is 32.1 Å². The molecule has 1 aliphatic rings. The second-order valence-corrected chi connectivity index (χ2v) is 6.70. The van der Waals surface area contributed by atoms with Crippen molar-refractivity contribution in [3.63, 3.8) is 0 Å². The molecule has 0 saturated carbocycles. The van der Waals surface area contributed by atoms with Gasteiger partial charge in [0, 0.05) is 57.4 Å². The summed E-state index contributed by atoms with van der Waals surface area (Å²) < 4.78 is 5.92. The lowest BCUT2D eigenvalue weighted by Gasteiger charge is -2.31. The molecule has 0 aliphatic carbocycles. The molecule has 0 aromatic carbocycles. The Balaban J connectivity index is 1.44. The van der Waals surface area contributed by atoms with Gasteiger partial charge in [0.2, 0.25) is 11.9 Å². The van der Waals surface area contributed by atoms with E-state index < -0.39 is 0 Å². The number of likely N-dealkylation sites (tertiary alicyclic amines) is 1. The summed E-state index contributed by atoms with van der Waals surface area (Å²) >= 11 is 0. The first kappa shape index (κ1) is 19.0. The predicted octanol–water partition coefficient (Wildman–Crippen LogP) is 2.16. The summed E-state index contributed by atoms with van der Waals surface area (Å²) in [4.78, 5) is 28.8. The van der Waals surface area contributed by atoms with E-state index in [0.717, 1.165) is 24.1 Å². The minimum absolute atomic E-state index is 0.00913. The average molecular weight is 367 g/mol. The SMILES string of the molecule is CN(C)c1ncc(C=CC(=O)N2CCC(OCc3ccccn3)CC2)cn1. The molecule has 2 aromatic heterocycles. The fraction of sp³-hybridized carbons (Fsp3) is 0.400. The van der Waals surface area contributed by atoms with Gasteiger partial charge in [0.15, 0.2) is 0 Å². The van der Waals surface area contributed by atoms with E-state index in [1.165, 1.54) is 0 Å². The first-order chi connectivity index (χ1) is 13.1. The van der Waals surface area contributed by atoms with Crippen LogP contribution in [-0.2, 0) is 16.1 Å². The minimum atomic E-state index is 0.00913. The highest BCUT2D eigenvalue weighted by Gasteiger charge is 2.22. The highest BCUT2D eigenvalue weighted by molar-refractivity contribution is 5.91. The van der Waals surface area contributed by atoms with Gasteiger partial charge in [-0.15, -0.1) is 0 Å². The summed E-state index contributed by atoms with van der Waals surface area (Å²) in [7, 11) is 3.77. The number of ether oxygens (including phenoxy) is 1. The Labute approximate surface area is 159 Å². The number of carbonyl (C=O) groups excluding carboxylic acids is 1. The lowest BCUT2D eigenvalue weighted by atomic mass is 10.1. The van der Waals surface area contributed by atoms with Crippen molar-refractivity contribution in [1.29, 1.82) is 0 Å². The molecule has 1 aliphatic heterocycles. The molecule has 1 fully saturated rings. The maximum absolute atomic E-state index is 12.4. The van der Waals surface area contributed by atoms with Crippen LogP contribution in [0.5, 0.6) is 0 Å².